The number of methoxy groups -OCH3 is 1. The lowest BCUT2D eigenvalue weighted by molar-refractivity contribution is 0.411. The SMILES string of the molecule is COc1ccc(C(NN)c2cccc(C)c2C)cc1C. The molecule has 3 heteroatoms. The van der Waals surface area contributed by atoms with Crippen molar-refractivity contribution >= 4 is 0 Å². The van der Waals surface area contributed by atoms with Crippen LogP contribution >= 0.6 is 0 Å². The van der Waals surface area contributed by atoms with Crippen molar-refractivity contribution in [3.05, 3.63) is 64.2 Å². The zero-order chi connectivity index (χ0) is 14.7. The van der Waals surface area contributed by atoms with Gasteiger partial charge in [-0.2, -0.15) is 0 Å². The van der Waals surface area contributed by atoms with Crippen LogP contribution < -0.4 is 16.0 Å². The zero-order valence-electron chi connectivity index (χ0n) is 12.5. The van der Waals surface area contributed by atoms with Crippen molar-refractivity contribution in [2.45, 2.75) is 26.8 Å². The van der Waals surface area contributed by atoms with Gasteiger partial charge in [0.05, 0.1) is 13.2 Å². The van der Waals surface area contributed by atoms with Crippen molar-refractivity contribution < 1.29 is 4.74 Å². The van der Waals surface area contributed by atoms with E-state index in [2.05, 4.69) is 49.6 Å². The molecule has 0 fully saturated rings. The van der Waals surface area contributed by atoms with Crippen LogP contribution in [0.2, 0.25) is 0 Å². The monoisotopic (exact) mass is 270 g/mol. The van der Waals surface area contributed by atoms with Gasteiger partial charge in [0.1, 0.15) is 5.75 Å². The summed E-state index contributed by atoms with van der Waals surface area (Å²) in [6, 6.07) is 12.4. The zero-order valence-corrected chi connectivity index (χ0v) is 12.5. The molecule has 1 atom stereocenters. The summed E-state index contributed by atoms with van der Waals surface area (Å²) in [5, 5.41) is 0. The molecule has 0 radical (unpaired) electrons. The number of hydrogen-bond acceptors (Lipinski definition) is 3. The molecule has 0 aromatic heterocycles. The molecule has 0 saturated carbocycles. The summed E-state index contributed by atoms with van der Waals surface area (Å²) in [4.78, 5) is 0. The van der Waals surface area contributed by atoms with E-state index >= 15 is 0 Å². The maximum Gasteiger partial charge on any atom is 0.121 e. The van der Waals surface area contributed by atoms with Gasteiger partial charge < -0.3 is 4.74 Å². The van der Waals surface area contributed by atoms with E-state index in [1.165, 1.54) is 16.7 Å². The highest BCUT2D eigenvalue weighted by molar-refractivity contribution is 5.44. The van der Waals surface area contributed by atoms with Crippen LogP contribution in [0.3, 0.4) is 0 Å². The fraction of sp³-hybridized carbons (Fsp3) is 0.294. The van der Waals surface area contributed by atoms with Crippen molar-refractivity contribution in [1.29, 1.82) is 0 Å². The minimum absolute atomic E-state index is 0.0143. The summed E-state index contributed by atoms with van der Waals surface area (Å²) in [7, 11) is 1.69. The molecular weight excluding hydrogens is 248 g/mol. The van der Waals surface area contributed by atoms with Crippen molar-refractivity contribution in [1.82, 2.24) is 5.43 Å². The first kappa shape index (κ1) is 14.6. The predicted octanol–water partition coefficient (Wildman–Crippen LogP) is 3.17. The number of hydrazine groups is 1. The molecule has 20 heavy (non-hydrogen) atoms. The summed E-state index contributed by atoms with van der Waals surface area (Å²) >= 11 is 0. The van der Waals surface area contributed by atoms with Crippen molar-refractivity contribution in [2.24, 2.45) is 5.84 Å². The Balaban J connectivity index is 2.47. The summed E-state index contributed by atoms with van der Waals surface area (Å²) < 4.78 is 5.31. The second kappa shape index (κ2) is 6.07. The quantitative estimate of drug-likeness (QED) is 0.662. The highest BCUT2D eigenvalue weighted by Gasteiger charge is 2.16. The molecule has 0 heterocycles. The number of nitrogens with one attached hydrogen (secondary N) is 1. The van der Waals surface area contributed by atoms with E-state index < -0.39 is 0 Å². The summed E-state index contributed by atoms with van der Waals surface area (Å²) in [6.07, 6.45) is 0. The Hall–Kier alpha value is -1.84. The van der Waals surface area contributed by atoms with E-state index in [9.17, 15) is 0 Å². The Morgan fingerprint density at radius 1 is 1.05 bits per heavy atom. The molecule has 3 nitrogen and oxygen atoms in total. The molecule has 0 bridgehead atoms. The van der Waals surface area contributed by atoms with Crippen LogP contribution in [-0.4, -0.2) is 7.11 Å². The van der Waals surface area contributed by atoms with Gasteiger partial charge in [0.15, 0.2) is 0 Å². The minimum Gasteiger partial charge on any atom is -0.496 e. The van der Waals surface area contributed by atoms with Gasteiger partial charge in [0.2, 0.25) is 0 Å². The number of rotatable bonds is 4. The van der Waals surface area contributed by atoms with E-state index in [1.54, 1.807) is 7.11 Å². The molecular formula is C17H22N2O. The smallest absolute Gasteiger partial charge is 0.121 e. The van der Waals surface area contributed by atoms with E-state index in [1.807, 2.05) is 13.0 Å². The van der Waals surface area contributed by atoms with Crippen LogP contribution in [0.25, 0.3) is 0 Å². The predicted molar refractivity (Wildman–Crippen MR) is 82.8 cm³/mol. The van der Waals surface area contributed by atoms with Crippen LogP contribution in [0.5, 0.6) is 5.75 Å². The maximum absolute atomic E-state index is 5.80. The van der Waals surface area contributed by atoms with Gasteiger partial charge in [-0.05, 0) is 54.7 Å². The molecule has 106 valence electrons. The summed E-state index contributed by atoms with van der Waals surface area (Å²) in [5.41, 5.74) is 8.92. The van der Waals surface area contributed by atoms with Gasteiger partial charge in [-0.1, -0.05) is 30.3 Å². The lowest BCUT2D eigenvalue weighted by Crippen LogP contribution is -2.29. The standard InChI is InChI=1S/C17H22N2O/c1-11-6-5-7-15(13(11)3)17(19-18)14-8-9-16(20-4)12(2)10-14/h5-10,17,19H,18H2,1-4H3. The van der Waals surface area contributed by atoms with Crippen LogP contribution in [0.15, 0.2) is 36.4 Å². The molecule has 0 saturated heterocycles. The van der Waals surface area contributed by atoms with Gasteiger partial charge in [-0.3, -0.25) is 5.84 Å². The number of nitrogens with two attached hydrogens (primary N) is 1. The van der Waals surface area contributed by atoms with Crippen molar-refractivity contribution in [3.8, 4) is 5.75 Å². The van der Waals surface area contributed by atoms with Crippen LogP contribution in [0, 0.1) is 20.8 Å². The maximum atomic E-state index is 5.80. The molecule has 0 aliphatic heterocycles. The molecule has 2 aromatic rings. The molecule has 0 amide bonds. The molecule has 0 aliphatic rings. The lowest BCUT2D eigenvalue weighted by atomic mass is 9.92. The Morgan fingerprint density at radius 2 is 1.80 bits per heavy atom. The fourth-order valence-electron chi connectivity index (χ4n) is 2.53. The second-order valence-electron chi connectivity index (χ2n) is 5.12. The third kappa shape index (κ3) is 2.69. The number of benzene rings is 2. The van der Waals surface area contributed by atoms with Crippen molar-refractivity contribution in [2.75, 3.05) is 7.11 Å². The molecule has 0 aliphatic carbocycles. The Kier molecular flexibility index (Phi) is 4.42. The van der Waals surface area contributed by atoms with E-state index in [0.717, 1.165) is 16.9 Å². The number of hydrogen-bond donors (Lipinski definition) is 2. The Bertz CT molecular complexity index is 608. The molecule has 0 spiro atoms. The third-order valence-electron chi connectivity index (χ3n) is 3.88. The van der Waals surface area contributed by atoms with Gasteiger partial charge in [-0.25, -0.2) is 5.43 Å². The third-order valence-corrected chi connectivity index (χ3v) is 3.88. The highest BCUT2D eigenvalue weighted by Crippen LogP contribution is 2.29. The van der Waals surface area contributed by atoms with E-state index in [0.29, 0.717) is 0 Å². The van der Waals surface area contributed by atoms with Gasteiger partial charge >= 0.3 is 0 Å². The first-order valence-electron chi connectivity index (χ1n) is 6.75. The average molecular weight is 270 g/mol. The Morgan fingerprint density at radius 3 is 2.40 bits per heavy atom. The summed E-state index contributed by atoms with van der Waals surface area (Å²) in [5.74, 6) is 6.69. The molecule has 3 N–H and O–H groups in total. The second-order valence-corrected chi connectivity index (χ2v) is 5.12. The number of aryl methyl sites for hydroxylation is 2. The fourth-order valence-corrected chi connectivity index (χ4v) is 2.53. The average Bonchev–Trinajstić information content (AvgIpc) is 2.44. The van der Waals surface area contributed by atoms with E-state index in [-0.39, 0.29) is 6.04 Å². The highest BCUT2D eigenvalue weighted by atomic mass is 16.5. The first-order chi connectivity index (χ1) is 9.58. The molecule has 2 aromatic carbocycles. The normalized spacial score (nSPS) is 12.2. The van der Waals surface area contributed by atoms with Gasteiger partial charge in [0.25, 0.3) is 0 Å². The van der Waals surface area contributed by atoms with Gasteiger partial charge in [0, 0.05) is 0 Å². The largest absolute Gasteiger partial charge is 0.496 e. The van der Waals surface area contributed by atoms with Crippen LogP contribution in [0.1, 0.15) is 33.9 Å². The first-order valence-corrected chi connectivity index (χ1v) is 6.75. The minimum atomic E-state index is -0.0143. The molecule has 2 rings (SSSR count). The number of ether oxygens (including phenoxy) is 1. The molecule has 1 unspecified atom stereocenters. The van der Waals surface area contributed by atoms with E-state index in [4.69, 9.17) is 10.6 Å². The topological polar surface area (TPSA) is 47.3 Å². The van der Waals surface area contributed by atoms with Crippen LogP contribution in [0.4, 0.5) is 0 Å². The van der Waals surface area contributed by atoms with Crippen molar-refractivity contribution in [3.63, 3.8) is 0 Å². The van der Waals surface area contributed by atoms with Gasteiger partial charge in [-0.15, -0.1) is 0 Å². The Labute approximate surface area is 120 Å². The van der Waals surface area contributed by atoms with Crippen LogP contribution in [-0.2, 0) is 0 Å². The lowest BCUT2D eigenvalue weighted by Gasteiger charge is -2.21. The summed E-state index contributed by atoms with van der Waals surface area (Å²) in [6.45, 7) is 6.29.